The number of rotatable bonds is 5. The normalized spacial score (nSPS) is 15.9. The van der Waals surface area contributed by atoms with Gasteiger partial charge in [0.05, 0.1) is 12.6 Å². The van der Waals surface area contributed by atoms with E-state index < -0.39 is 5.97 Å². The molecule has 3 aromatic rings. The van der Waals surface area contributed by atoms with E-state index in [0.29, 0.717) is 0 Å². The first-order chi connectivity index (χ1) is 17.1. The summed E-state index contributed by atoms with van der Waals surface area (Å²) in [4.78, 5) is 11.4. The van der Waals surface area contributed by atoms with Gasteiger partial charge in [-0.2, -0.15) is 30.2 Å². The Bertz CT molecular complexity index is 1250. The summed E-state index contributed by atoms with van der Waals surface area (Å²) < 4.78 is 2.38. The van der Waals surface area contributed by atoms with Gasteiger partial charge in [-0.1, -0.05) is 84.4 Å². The molecular formula is C31H29AgN2O2. The number of hydrogen-bond donors (Lipinski definition) is 1. The zero-order valence-electron chi connectivity index (χ0n) is 20.1. The Balaban J connectivity index is 0.000000674. The van der Waals surface area contributed by atoms with Crippen LogP contribution in [-0.4, -0.2) is 26.9 Å². The molecule has 1 N–H and O–H groups in total. The summed E-state index contributed by atoms with van der Waals surface area (Å²) in [6.07, 6.45) is 13.0. The van der Waals surface area contributed by atoms with Crippen LogP contribution in [0.3, 0.4) is 0 Å². The first-order valence-electron chi connectivity index (χ1n) is 11.6. The summed E-state index contributed by atoms with van der Waals surface area (Å²) in [7, 11) is 0. The van der Waals surface area contributed by atoms with Gasteiger partial charge in [-0.3, -0.25) is 9.37 Å². The smallest absolute Gasteiger partial charge is 0.481 e. The molecule has 2 aliphatic rings. The number of carboxylic acid groups (broad SMARTS) is 1. The van der Waals surface area contributed by atoms with Crippen LogP contribution in [0.2, 0.25) is 0 Å². The van der Waals surface area contributed by atoms with Crippen LogP contribution in [-0.2, 0) is 40.3 Å². The number of aliphatic carboxylic acids is 1. The molecule has 1 aliphatic carbocycles. The molecule has 0 saturated carbocycles. The second-order valence-electron chi connectivity index (χ2n) is 8.29. The second-order valence-corrected chi connectivity index (χ2v) is 8.29. The van der Waals surface area contributed by atoms with E-state index >= 15 is 0 Å². The summed E-state index contributed by atoms with van der Waals surface area (Å²) in [5, 5.41) is 7.42. The predicted molar refractivity (Wildman–Crippen MR) is 140 cm³/mol. The molecule has 1 aliphatic heterocycles. The predicted octanol–water partition coefficient (Wildman–Crippen LogP) is 6.00. The van der Waals surface area contributed by atoms with Crippen LogP contribution in [0.15, 0.2) is 127 Å². The zero-order chi connectivity index (χ0) is 24.5. The largest absolute Gasteiger partial charge is 1.00 e. The summed E-state index contributed by atoms with van der Waals surface area (Å²) in [5.74, 6) is -0.833. The van der Waals surface area contributed by atoms with Crippen LogP contribution in [0.5, 0.6) is 0 Å². The van der Waals surface area contributed by atoms with Gasteiger partial charge in [0, 0.05) is 12.6 Å². The van der Waals surface area contributed by atoms with Gasteiger partial charge in [-0.05, 0) is 11.1 Å². The van der Waals surface area contributed by atoms with E-state index in [-0.39, 0.29) is 22.4 Å². The minimum absolute atomic E-state index is 0. The molecule has 5 heteroatoms. The molecule has 1 heterocycles. The SMILES string of the molecule is C1=C[CH-]C(=C2[C-](c3ccccc3)[N+](Cc3ccccc3)=CN2Cc2ccccc2)C=C1.CC(=O)O.[Ag+]. The zero-order valence-corrected chi connectivity index (χ0v) is 21.6. The molecule has 0 amide bonds. The Morgan fingerprint density at radius 3 is 2.00 bits per heavy atom. The molecule has 5 rings (SSSR count). The maximum Gasteiger partial charge on any atom is 1.00 e. The molecule has 0 radical (unpaired) electrons. The molecule has 0 aromatic heterocycles. The van der Waals surface area contributed by atoms with Gasteiger partial charge >= 0.3 is 22.4 Å². The summed E-state index contributed by atoms with van der Waals surface area (Å²) in [6, 6.07) is 33.3. The third kappa shape index (κ3) is 7.15. The summed E-state index contributed by atoms with van der Waals surface area (Å²) >= 11 is 0. The van der Waals surface area contributed by atoms with Gasteiger partial charge in [-0.15, -0.1) is 18.2 Å². The van der Waals surface area contributed by atoms with Crippen LogP contribution < -0.4 is 0 Å². The molecule has 0 saturated heterocycles. The van der Waals surface area contributed by atoms with Gasteiger partial charge in [0.25, 0.3) is 5.97 Å². The number of allylic oxidation sites excluding steroid dienone is 5. The van der Waals surface area contributed by atoms with Crippen molar-refractivity contribution in [2.24, 2.45) is 0 Å². The molecule has 0 spiro atoms. The molecule has 0 unspecified atom stereocenters. The fourth-order valence-electron chi connectivity index (χ4n) is 4.15. The van der Waals surface area contributed by atoms with Crippen LogP contribution >= 0.6 is 0 Å². The van der Waals surface area contributed by atoms with Crippen LogP contribution in [0, 0.1) is 12.5 Å². The Morgan fingerprint density at radius 2 is 1.44 bits per heavy atom. The molecule has 0 bridgehead atoms. The third-order valence-corrected chi connectivity index (χ3v) is 5.56. The minimum Gasteiger partial charge on any atom is -0.481 e. The van der Waals surface area contributed by atoms with Gasteiger partial charge in [0.15, 0.2) is 6.34 Å². The molecule has 3 aromatic carbocycles. The quantitative estimate of drug-likeness (QED) is 0.233. The van der Waals surface area contributed by atoms with Crippen molar-refractivity contribution in [1.82, 2.24) is 4.90 Å². The number of benzene rings is 3. The second kappa shape index (κ2) is 13.4. The number of carboxylic acids is 1. The molecule has 0 atom stereocenters. The Kier molecular flexibility index (Phi) is 10.0. The molecule has 4 nitrogen and oxygen atoms in total. The Labute approximate surface area is 229 Å². The molecule has 0 fully saturated rings. The number of carbonyl (C=O) groups is 1. The summed E-state index contributed by atoms with van der Waals surface area (Å²) in [5.41, 5.74) is 6.28. The van der Waals surface area contributed by atoms with E-state index in [4.69, 9.17) is 9.90 Å². The number of hydrogen-bond acceptors (Lipinski definition) is 2. The van der Waals surface area contributed by atoms with Crippen molar-refractivity contribution in [3.8, 4) is 0 Å². The topological polar surface area (TPSA) is 43.5 Å². The van der Waals surface area contributed by atoms with Crippen molar-refractivity contribution < 1.29 is 36.9 Å². The fraction of sp³-hybridized carbons (Fsp3) is 0.0968. The van der Waals surface area contributed by atoms with Crippen molar-refractivity contribution in [3.63, 3.8) is 0 Å². The van der Waals surface area contributed by atoms with E-state index in [1.54, 1.807) is 0 Å². The van der Waals surface area contributed by atoms with Crippen molar-refractivity contribution in [3.05, 3.63) is 156 Å². The van der Waals surface area contributed by atoms with Crippen molar-refractivity contribution in [2.75, 3.05) is 0 Å². The maximum atomic E-state index is 9.00. The summed E-state index contributed by atoms with van der Waals surface area (Å²) in [6.45, 7) is 2.74. The monoisotopic (exact) mass is 568 g/mol. The average molecular weight is 569 g/mol. The Hall–Kier alpha value is -3.70. The van der Waals surface area contributed by atoms with E-state index in [0.717, 1.165) is 20.0 Å². The maximum absolute atomic E-state index is 9.00. The first-order valence-corrected chi connectivity index (χ1v) is 11.6. The van der Waals surface area contributed by atoms with E-state index in [1.807, 2.05) is 0 Å². The van der Waals surface area contributed by atoms with E-state index in [9.17, 15) is 0 Å². The Morgan fingerprint density at radius 1 is 0.889 bits per heavy atom. The fourth-order valence-corrected chi connectivity index (χ4v) is 4.15. The van der Waals surface area contributed by atoms with Crippen molar-refractivity contribution in [2.45, 2.75) is 20.0 Å². The van der Waals surface area contributed by atoms with Crippen LogP contribution in [0.4, 0.5) is 0 Å². The number of nitrogens with zero attached hydrogens (tertiary/aromatic N) is 2. The molecule has 186 valence electrons. The van der Waals surface area contributed by atoms with Crippen LogP contribution in [0.25, 0.3) is 0 Å². The van der Waals surface area contributed by atoms with Crippen molar-refractivity contribution in [1.29, 1.82) is 0 Å². The van der Waals surface area contributed by atoms with Gasteiger partial charge in [0.1, 0.15) is 6.54 Å². The van der Waals surface area contributed by atoms with Gasteiger partial charge in [0.2, 0.25) is 0 Å². The van der Waals surface area contributed by atoms with Gasteiger partial charge in [-0.25, -0.2) is 0 Å². The van der Waals surface area contributed by atoms with E-state index in [2.05, 4.69) is 138 Å². The van der Waals surface area contributed by atoms with E-state index in [1.165, 1.54) is 34.0 Å². The standard InChI is InChI=1S/C29H25N2.C2H4O2.Ag/c1-5-13-24(14-6-1)21-30-23-31(22-25-15-7-2-8-16-25)29(27-19-11-4-12-20-27)28(30)26-17-9-3-10-18-26;1-2(3)4;/h1-20,23H,21-22H2;1H3,(H,3,4);/q-1;;+1. The van der Waals surface area contributed by atoms with Crippen LogP contribution in [0.1, 0.15) is 23.6 Å². The van der Waals surface area contributed by atoms with Crippen molar-refractivity contribution >= 4 is 12.3 Å². The average Bonchev–Trinajstić information content (AvgIpc) is 3.23. The molecular weight excluding hydrogens is 540 g/mol. The third-order valence-electron chi connectivity index (χ3n) is 5.56. The first kappa shape index (κ1) is 26.9. The molecule has 36 heavy (non-hydrogen) atoms. The van der Waals surface area contributed by atoms with Gasteiger partial charge < -0.3 is 10.0 Å². The minimum atomic E-state index is -0.833.